The zero-order valence-corrected chi connectivity index (χ0v) is 18.3. The number of benzene rings is 2. The first-order valence-corrected chi connectivity index (χ1v) is 10.7. The summed E-state index contributed by atoms with van der Waals surface area (Å²) in [6.07, 6.45) is 3.74. The Morgan fingerprint density at radius 1 is 1.06 bits per heavy atom. The lowest BCUT2D eigenvalue weighted by Crippen LogP contribution is -2.48. The fourth-order valence-electron chi connectivity index (χ4n) is 4.43. The number of amides is 2. The third-order valence-corrected chi connectivity index (χ3v) is 6.03. The molecular formula is C25H23N5O3. The Hall–Kier alpha value is -4.20. The Morgan fingerprint density at radius 3 is 2.48 bits per heavy atom. The quantitative estimate of drug-likeness (QED) is 0.525. The summed E-state index contributed by atoms with van der Waals surface area (Å²) in [5, 5.41) is 11.0. The Balaban J connectivity index is 1.57. The van der Waals surface area contributed by atoms with Crippen molar-refractivity contribution in [2.24, 2.45) is 7.05 Å². The number of hydrogen-bond acceptors (Lipinski definition) is 5. The summed E-state index contributed by atoms with van der Waals surface area (Å²) >= 11 is 0. The minimum atomic E-state index is -0.775. The molecule has 5 rings (SSSR count). The Kier molecular flexibility index (Phi) is 5.26. The van der Waals surface area contributed by atoms with Crippen LogP contribution < -0.4 is 5.32 Å². The second kappa shape index (κ2) is 8.38. The molecule has 0 bridgehead atoms. The summed E-state index contributed by atoms with van der Waals surface area (Å²) in [7, 11) is 3.43. The van der Waals surface area contributed by atoms with Crippen LogP contribution >= 0.6 is 0 Å². The molecule has 1 N–H and O–H groups in total. The monoisotopic (exact) mass is 441 g/mol. The highest BCUT2D eigenvalue weighted by molar-refractivity contribution is 5.97. The highest BCUT2D eigenvalue weighted by atomic mass is 16.5. The molecule has 2 amide bonds. The average molecular weight is 441 g/mol. The first-order chi connectivity index (χ1) is 16.1. The van der Waals surface area contributed by atoms with Crippen LogP contribution in [0, 0.1) is 0 Å². The first-order valence-electron chi connectivity index (χ1n) is 10.7. The van der Waals surface area contributed by atoms with Gasteiger partial charge in [-0.1, -0.05) is 59.8 Å². The predicted molar refractivity (Wildman–Crippen MR) is 121 cm³/mol. The van der Waals surface area contributed by atoms with Gasteiger partial charge in [0.25, 0.3) is 5.91 Å². The van der Waals surface area contributed by atoms with Crippen molar-refractivity contribution in [3.8, 4) is 11.3 Å². The summed E-state index contributed by atoms with van der Waals surface area (Å²) in [5.41, 5.74) is 3.75. The van der Waals surface area contributed by atoms with E-state index in [1.165, 1.54) is 0 Å². The highest BCUT2D eigenvalue weighted by Crippen LogP contribution is 2.40. The normalized spacial score (nSPS) is 17.5. The number of carbonyl (C=O) groups is 2. The van der Waals surface area contributed by atoms with Gasteiger partial charge < -0.3 is 14.7 Å². The number of nitrogens with one attached hydrogen (secondary N) is 1. The molecule has 166 valence electrons. The van der Waals surface area contributed by atoms with Gasteiger partial charge in [0, 0.05) is 44.4 Å². The van der Waals surface area contributed by atoms with Gasteiger partial charge >= 0.3 is 0 Å². The van der Waals surface area contributed by atoms with Crippen LogP contribution in [0.1, 0.15) is 39.1 Å². The largest absolute Gasteiger partial charge is 0.357 e. The van der Waals surface area contributed by atoms with E-state index in [2.05, 4.69) is 15.6 Å². The van der Waals surface area contributed by atoms with Crippen LogP contribution in [0.25, 0.3) is 11.3 Å². The van der Waals surface area contributed by atoms with E-state index in [1.807, 2.05) is 67.8 Å². The van der Waals surface area contributed by atoms with E-state index in [9.17, 15) is 9.59 Å². The topological polar surface area (TPSA) is 93.3 Å². The molecule has 1 aliphatic rings. The molecule has 0 aliphatic carbocycles. The summed E-state index contributed by atoms with van der Waals surface area (Å²) in [6, 6.07) is 18.0. The van der Waals surface area contributed by atoms with E-state index in [0.717, 1.165) is 22.3 Å². The highest BCUT2D eigenvalue weighted by Gasteiger charge is 2.41. The second-order valence-electron chi connectivity index (χ2n) is 8.05. The minimum Gasteiger partial charge on any atom is -0.357 e. The molecule has 0 saturated carbocycles. The molecule has 8 heteroatoms. The van der Waals surface area contributed by atoms with Crippen LogP contribution in [0.5, 0.6) is 0 Å². The molecule has 2 aromatic carbocycles. The Labute approximate surface area is 190 Å². The van der Waals surface area contributed by atoms with Crippen molar-refractivity contribution >= 4 is 11.8 Å². The van der Waals surface area contributed by atoms with Crippen LogP contribution in [0.2, 0.25) is 0 Å². The van der Waals surface area contributed by atoms with Crippen LogP contribution in [0.4, 0.5) is 0 Å². The van der Waals surface area contributed by atoms with E-state index < -0.39 is 6.04 Å². The number of aryl methyl sites for hydroxylation is 1. The van der Waals surface area contributed by atoms with Gasteiger partial charge in [-0.25, -0.2) is 0 Å². The summed E-state index contributed by atoms with van der Waals surface area (Å²) in [4.78, 5) is 28.2. The van der Waals surface area contributed by atoms with E-state index in [1.54, 1.807) is 28.9 Å². The zero-order chi connectivity index (χ0) is 22.9. The maximum Gasteiger partial charge on any atom is 0.277 e. The summed E-state index contributed by atoms with van der Waals surface area (Å²) in [5.74, 6) is -0.248. The third kappa shape index (κ3) is 3.69. The maximum atomic E-state index is 13.7. The van der Waals surface area contributed by atoms with E-state index in [4.69, 9.17) is 4.52 Å². The van der Waals surface area contributed by atoms with Crippen LogP contribution in [0.3, 0.4) is 0 Å². The maximum absolute atomic E-state index is 13.7. The first kappa shape index (κ1) is 20.7. The number of likely N-dealkylation sites (N-methyl/N-ethyl adjacent to an activating group) is 1. The van der Waals surface area contributed by atoms with Crippen molar-refractivity contribution in [1.82, 2.24) is 25.2 Å². The number of nitrogens with zero attached hydrogens (tertiary/aromatic N) is 4. The fourth-order valence-corrected chi connectivity index (χ4v) is 4.43. The molecule has 4 aromatic rings. The zero-order valence-electron chi connectivity index (χ0n) is 18.3. The number of aromatic nitrogens is 3. The van der Waals surface area contributed by atoms with E-state index >= 15 is 0 Å². The molecule has 2 atom stereocenters. The summed E-state index contributed by atoms with van der Waals surface area (Å²) < 4.78 is 7.19. The number of fused-ring (bicyclic) bond motifs is 1. The number of carbonyl (C=O) groups excluding carboxylic acids is 2. The number of rotatable bonds is 4. The molecule has 33 heavy (non-hydrogen) atoms. The van der Waals surface area contributed by atoms with E-state index in [-0.39, 0.29) is 23.4 Å². The van der Waals surface area contributed by atoms with E-state index in [0.29, 0.717) is 12.3 Å². The second-order valence-corrected chi connectivity index (χ2v) is 8.05. The molecule has 1 aliphatic heterocycles. The van der Waals surface area contributed by atoms with Gasteiger partial charge in [-0.05, 0) is 16.7 Å². The fraction of sp³-hybridized carbons (Fsp3) is 0.200. The van der Waals surface area contributed by atoms with Crippen molar-refractivity contribution in [3.63, 3.8) is 0 Å². The van der Waals surface area contributed by atoms with Gasteiger partial charge in [0.1, 0.15) is 6.04 Å². The molecular weight excluding hydrogens is 418 g/mol. The van der Waals surface area contributed by atoms with Gasteiger partial charge in [0.15, 0.2) is 11.5 Å². The molecule has 2 unspecified atom stereocenters. The smallest absolute Gasteiger partial charge is 0.277 e. The van der Waals surface area contributed by atoms with Crippen LogP contribution in [0.15, 0.2) is 77.6 Å². The lowest BCUT2D eigenvalue weighted by molar-refractivity contribution is -0.125. The van der Waals surface area contributed by atoms with Gasteiger partial charge in [-0.15, -0.1) is 0 Å². The minimum absolute atomic E-state index is 0.125. The average Bonchev–Trinajstić information content (AvgIpc) is 3.52. The Morgan fingerprint density at radius 2 is 1.79 bits per heavy atom. The molecule has 8 nitrogen and oxygen atoms in total. The molecule has 0 spiro atoms. The molecule has 0 radical (unpaired) electrons. The lowest BCUT2D eigenvalue weighted by Gasteiger charge is -2.39. The molecule has 3 heterocycles. The van der Waals surface area contributed by atoms with Crippen LogP contribution in [-0.2, 0) is 11.8 Å². The molecule has 0 fully saturated rings. The lowest BCUT2D eigenvalue weighted by atomic mass is 9.82. The van der Waals surface area contributed by atoms with Gasteiger partial charge in [-0.2, -0.15) is 5.10 Å². The van der Waals surface area contributed by atoms with Crippen LogP contribution in [-0.4, -0.2) is 45.2 Å². The van der Waals surface area contributed by atoms with Gasteiger partial charge in [0.05, 0.1) is 6.20 Å². The molecule has 0 saturated heterocycles. The predicted octanol–water partition coefficient (Wildman–Crippen LogP) is 3.15. The van der Waals surface area contributed by atoms with Gasteiger partial charge in [-0.3, -0.25) is 14.3 Å². The van der Waals surface area contributed by atoms with Crippen molar-refractivity contribution in [2.45, 2.75) is 12.0 Å². The molecule has 2 aromatic heterocycles. The number of hydrogen-bond donors (Lipinski definition) is 1. The van der Waals surface area contributed by atoms with Crippen molar-refractivity contribution in [2.75, 3.05) is 13.6 Å². The third-order valence-electron chi connectivity index (χ3n) is 6.03. The van der Waals surface area contributed by atoms with Crippen molar-refractivity contribution in [3.05, 3.63) is 95.4 Å². The summed E-state index contributed by atoms with van der Waals surface area (Å²) in [6.45, 7) is 0.313. The van der Waals surface area contributed by atoms with Crippen molar-refractivity contribution in [1.29, 1.82) is 0 Å². The van der Waals surface area contributed by atoms with Gasteiger partial charge in [0.2, 0.25) is 5.91 Å². The Bertz CT molecular complexity index is 1310. The standard InChI is InChI=1S/C25H23N5O3/c1-26-24(31)23-19-11-7-6-10-18(19)20(17-13-27-29(2)14-17)15-30(23)25(32)21-12-22(33-28-21)16-8-4-3-5-9-16/h3-14,20,23H,15H2,1-2H3,(H,26,31). The van der Waals surface area contributed by atoms with Crippen molar-refractivity contribution < 1.29 is 14.1 Å². The SMILES string of the molecule is CNC(=O)C1c2ccccc2C(c2cnn(C)c2)CN1C(=O)c1cc(-c2ccccc2)on1.